The SMILES string of the molecule is C=CC[C]1([Ti+2][C]2=CC=CC2)C=Cc2ccccc21.[Cl-].[Cl-]. The summed E-state index contributed by atoms with van der Waals surface area (Å²) in [7, 11) is 0. The van der Waals surface area contributed by atoms with E-state index in [4.69, 9.17) is 0 Å². The Balaban J connectivity index is 0.000001000. The first kappa shape index (κ1) is 17.5. The summed E-state index contributed by atoms with van der Waals surface area (Å²) in [6.07, 6.45) is 15.8. The van der Waals surface area contributed by atoms with E-state index in [1.54, 1.807) is 3.88 Å². The second kappa shape index (κ2) is 7.47. The van der Waals surface area contributed by atoms with Gasteiger partial charge in [0, 0.05) is 0 Å². The van der Waals surface area contributed by atoms with E-state index in [9.17, 15) is 0 Å². The van der Waals surface area contributed by atoms with Crippen LogP contribution in [0.2, 0.25) is 0 Å². The Bertz CT molecular complexity index is 572. The standard InChI is InChI=1S/C12H11.C5H5.2ClH.Ti/c1-2-5-10-8-9-11-6-3-4-7-12(10)11;1-2-4-5-3-1;;;/h2-4,6-9H,1,5H2;1-3H,4H2;2*1H;/q;;;;+2/p-2. The molecule has 1 aromatic carbocycles. The topological polar surface area (TPSA) is 0 Å². The molecule has 102 valence electrons. The molecule has 2 aliphatic carbocycles. The van der Waals surface area contributed by atoms with Crippen molar-refractivity contribution in [3.8, 4) is 0 Å². The summed E-state index contributed by atoms with van der Waals surface area (Å²) >= 11 is -0.179. The second-order valence-corrected chi connectivity index (χ2v) is 7.62. The first-order valence-corrected chi connectivity index (χ1v) is 7.94. The molecule has 1 atom stereocenters. The minimum atomic E-state index is -0.179. The first-order chi connectivity index (χ1) is 8.84. The number of allylic oxidation sites excluding steroid dienone is 6. The van der Waals surface area contributed by atoms with Gasteiger partial charge in [0.25, 0.3) is 0 Å². The number of benzene rings is 1. The van der Waals surface area contributed by atoms with Crippen LogP contribution in [0.5, 0.6) is 0 Å². The Hall–Kier alpha value is -0.526. The summed E-state index contributed by atoms with van der Waals surface area (Å²) in [5.74, 6) is 0. The molecule has 0 fully saturated rings. The number of hydrogen-bond acceptors (Lipinski definition) is 0. The first-order valence-electron chi connectivity index (χ1n) is 6.38. The van der Waals surface area contributed by atoms with E-state index in [0.717, 1.165) is 12.8 Å². The average Bonchev–Trinajstić information content (AvgIpc) is 3.00. The van der Waals surface area contributed by atoms with E-state index in [-0.39, 0.29) is 47.7 Å². The normalized spacial score (nSPS) is 21.3. The van der Waals surface area contributed by atoms with Crippen molar-refractivity contribution in [3.63, 3.8) is 0 Å². The summed E-state index contributed by atoms with van der Waals surface area (Å²) < 4.78 is 1.91. The Morgan fingerprint density at radius 1 is 1.25 bits per heavy atom. The van der Waals surface area contributed by atoms with Gasteiger partial charge in [-0.05, 0) is 0 Å². The van der Waals surface area contributed by atoms with Gasteiger partial charge < -0.3 is 24.8 Å². The second-order valence-electron chi connectivity index (χ2n) is 4.83. The molecule has 0 spiro atoms. The molecule has 0 saturated carbocycles. The Labute approximate surface area is 142 Å². The fourth-order valence-electron chi connectivity index (χ4n) is 2.76. The van der Waals surface area contributed by atoms with Crippen LogP contribution in [0.15, 0.2) is 65.1 Å². The van der Waals surface area contributed by atoms with Gasteiger partial charge in [0.2, 0.25) is 0 Å². The van der Waals surface area contributed by atoms with Crippen LogP contribution in [0.25, 0.3) is 6.08 Å². The summed E-state index contributed by atoms with van der Waals surface area (Å²) in [5, 5.41) is 0. The van der Waals surface area contributed by atoms with Crippen molar-refractivity contribution in [1.82, 2.24) is 0 Å². The fourth-order valence-corrected chi connectivity index (χ4v) is 5.49. The quantitative estimate of drug-likeness (QED) is 0.459. The van der Waals surface area contributed by atoms with Crippen LogP contribution >= 0.6 is 0 Å². The van der Waals surface area contributed by atoms with Crippen LogP contribution in [0, 0.1) is 0 Å². The molecule has 1 aromatic rings. The molecule has 0 aliphatic heterocycles. The third kappa shape index (κ3) is 3.20. The van der Waals surface area contributed by atoms with Crippen molar-refractivity contribution in [1.29, 1.82) is 0 Å². The van der Waals surface area contributed by atoms with Crippen molar-refractivity contribution in [3.05, 3.63) is 76.2 Å². The Morgan fingerprint density at radius 2 is 2.05 bits per heavy atom. The van der Waals surface area contributed by atoms with E-state index in [2.05, 4.69) is 67.3 Å². The fraction of sp³-hybridized carbons (Fsp3) is 0.176. The minimum absolute atomic E-state index is 0. The summed E-state index contributed by atoms with van der Waals surface area (Å²) in [5.41, 5.74) is 2.91. The maximum absolute atomic E-state index is 3.97. The van der Waals surface area contributed by atoms with E-state index < -0.39 is 0 Å². The molecule has 0 N–H and O–H groups in total. The molecule has 0 radical (unpaired) electrons. The number of rotatable bonds is 4. The van der Waals surface area contributed by atoms with E-state index >= 15 is 0 Å². The summed E-state index contributed by atoms with van der Waals surface area (Å²) in [4.78, 5) is 0. The minimum Gasteiger partial charge on any atom is -1.00 e. The van der Waals surface area contributed by atoms with Gasteiger partial charge in [-0.2, -0.15) is 0 Å². The molecule has 1 unspecified atom stereocenters. The van der Waals surface area contributed by atoms with Gasteiger partial charge in [-0.15, -0.1) is 0 Å². The molecule has 3 rings (SSSR count). The van der Waals surface area contributed by atoms with Gasteiger partial charge in [-0.25, -0.2) is 0 Å². The van der Waals surface area contributed by atoms with Crippen LogP contribution in [0.1, 0.15) is 24.0 Å². The number of fused-ring (bicyclic) bond motifs is 1. The van der Waals surface area contributed by atoms with Gasteiger partial charge in [0.1, 0.15) is 0 Å². The van der Waals surface area contributed by atoms with Gasteiger partial charge in [-0.3, -0.25) is 0 Å². The molecule has 2 aliphatic rings. The number of hydrogen-bond donors (Lipinski definition) is 0. The predicted octanol–water partition coefficient (Wildman–Crippen LogP) is -1.58. The largest absolute Gasteiger partial charge is 1.00 e. The zero-order valence-corrected chi connectivity index (χ0v) is 14.2. The number of halogens is 2. The summed E-state index contributed by atoms with van der Waals surface area (Å²) in [6.45, 7) is 3.97. The van der Waals surface area contributed by atoms with Crippen LogP contribution in [-0.2, 0) is 22.9 Å². The van der Waals surface area contributed by atoms with Crippen LogP contribution in [-0.4, -0.2) is 0 Å². The molecule has 0 aromatic heterocycles. The van der Waals surface area contributed by atoms with Crippen LogP contribution in [0.3, 0.4) is 0 Å². The molecule has 0 nitrogen and oxygen atoms in total. The van der Waals surface area contributed by atoms with E-state index in [1.165, 1.54) is 11.1 Å². The van der Waals surface area contributed by atoms with E-state index in [1.807, 2.05) is 0 Å². The van der Waals surface area contributed by atoms with Crippen LogP contribution in [0.4, 0.5) is 0 Å². The Kier molecular flexibility index (Phi) is 6.55. The summed E-state index contributed by atoms with van der Waals surface area (Å²) in [6, 6.07) is 8.82. The van der Waals surface area contributed by atoms with Crippen molar-refractivity contribution < 1.29 is 44.0 Å². The molecule has 0 heterocycles. The third-order valence-electron chi connectivity index (χ3n) is 3.61. The van der Waals surface area contributed by atoms with Crippen molar-refractivity contribution in [2.45, 2.75) is 16.6 Å². The van der Waals surface area contributed by atoms with Crippen molar-refractivity contribution >= 4 is 6.08 Å². The van der Waals surface area contributed by atoms with Crippen molar-refractivity contribution in [2.24, 2.45) is 0 Å². The third-order valence-corrected chi connectivity index (χ3v) is 6.39. The molecule has 0 amide bonds. The zero-order valence-electron chi connectivity index (χ0n) is 11.2. The van der Waals surface area contributed by atoms with Gasteiger partial charge >= 0.3 is 118 Å². The van der Waals surface area contributed by atoms with E-state index in [0.29, 0.717) is 0 Å². The molecule has 3 heteroatoms. The molecule has 0 bridgehead atoms. The molecule has 20 heavy (non-hydrogen) atoms. The molecular weight excluding hydrogens is 323 g/mol. The zero-order chi connectivity index (χ0) is 12.4. The molecular formula is C17H16Cl2Ti. The Morgan fingerprint density at radius 3 is 2.75 bits per heavy atom. The maximum Gasteiger partial charge on any atom is -1.00 e. The van der Waals surface area contributed by atoms with Crippen molar-refractivity contribution in [2.75, 3.05) is 0 Å². The van der Waals surface area contributed by atoms with Crippen LogP contribution < -0.4 is 24.8 Å². The monoisotopic (exact) mass is 338 g/mol. The predicted molar refractivity (Wildman–Crippen MR) is 73.8 cm³/mol. The maximum atomic E-state index is 3.97. The smallest absolute Gasteiger partial charge is 1.00 e. The van der Waals surface area contributed by atoms with Gasteiger partial charge in [-0.1, -0.05) is 0 Å². The van der Waals surface area contributed by atoms with Gasteiger partial charge in [0.15, 0.2) is 0 Å². The average molecular weight is 339 g/mol. The van der Waals surface area contributed by atoms with Gasteiger partial charge in [0.05, 0.1) is 0 Å². The molecule has 0 saturated heterocycles.